The largest absolute Gasteiger partial charge is 0.342 e. The molecule has 7 nitrogen and oxygen atoms in total. The molecule has 3 aromatic rings. The Balaban J connectivity index is 1.52. The SMILES string of the molecule is CCCCS(=O)(=O)N1CCC(C(=O)NC(c2ccccc2)c2nc3ccccc3n2C)CC1. The Labute approximate surface area is 195 Å². The van der Waals surface area contributed by atoms with Crippen molar-refractivity contribution in [2.75, 3.05) is 18.8 Å². The minimum atomic E-state index is -3.24. The number of nitrogens with zero attached hydrogens (tertiary/aromatic N) is 3. The molecule has 1 aliphatic heterocycles. The fraction of sp³-hybridized carbons (Fsp3) is 0.440. The van der Waals surface area contributed by atoms with Crippen LogP contribution in [0.1, 0.15) is 50.0 Å². The van der Waals surface area contributed by atoms with E-state index in [2.05, 4.69) is 5.32 Å². The number of piperidine rings is 1. The molecular formula is C25H32N4O3S. The lowest BCUT2D eigenvalue weighted by atomic mass is 9.96. The molecule has 8 heteroatoms. The van der Waals surface area contributed by atoms with E-state index in [1.54, 1.807) is 4.31 Å². The molecule has 0 aliphatic carbocycles. The molecule has 1 aromatic heterocycles. The van der Waals surface area contributed by atoms with Crippen molar-refractivity contribution in [2.45, 2.75) is 38.6 Å². The molecule has 0 radical (unpaired) electrons. The highest BCUT2D eigenvalue weighted by atomic mass is 32.2. The summed E-state index contributed by atoms with van der Waals surface area (Å²) in [4.78, 5) is 18.1. The van der Waals surface area contributed by atoms with Crippen molar-refractivity contribution in [1.82, 2.24) is 19.2 Å². The van der Waals surface area contributed by atoms with Crippen molar-refractivity contribution in [3.8, 4) is 0 Å². The quantitative estimate of drug-likeness (QED) is 0.547. The first-order chi connectivity index (χ1) is 15.9. The summed E-state index contributed by atoms with van der Waals surface area (Å²) >= 11 is 0. The number of aromatic nitrogens is 2. The molecule has 1 fully saturated rings. The zero-order chi connectivity index (χ0) is 23.4. The molecule has 0 bridgehead atoms. The highest BCUT2D eigenvalue weighted by Crippen LogP contribution is 2.27. The predicted octanol–water partition coefficient (Wildman–Crippen LogP) is 3.62. The van der Waals surface area contributed by atoms with Gasteiger partial charge in [0.2, 0.25) is 15.9 Å². The number of hydrogen-bond donors (Lipinski definition) is 1. The van der Waals surface area contributed by atoms with E-state index >= 15 is 0 Å². The van der Waals surface area contributed by atoms with E-state index in [9.17, 15) is 13.2 Å². The number of unbranched alkanes of at least 4 members (excludes halogenated alkanes) is 1. The zero-order valence-corrected chi connectivity index (χ0v) is 20.1. The standard InChI is InChI=1S/C25H32N4O3S/c1-3-4-18-33(31,32)29-16-14-20(15-17-29)25(30)27-23(19-10-6-5-7-11-19)24-26-21-12-8-9-13-22(21)28(24)2/h5-13,20,23H,3-4,14-18H2,1-2H3,(H,27,30). The number of aryl methyl sites for hydroxylation is 1. The van der Waals surface area contributed by atoms with Crippen LogP contribution in [-0.4, -0.2) is 47.0 Å². The second-order valence-electron chi connectivity index (χ2n) is 8.71. The van der Waals surface area contributed by atoms with Gasteiger partial charge in [-0.15, -0.1) is 0 Å². The van der Waals surface area contributed by atoms with E-state index in [1.807, 2.05) is 73.1 Å². The van der Waals surface area contributed by atoms with Crippen LogP contribution in [0.5, 0.6) is 0 Å². The van der Waals surface area contributed by atoms with E-state index in [0.29, 0.717) is 32.4 Å². The summed E-state index contributed by atoms with van der Waals surface area (Å²) in [6.07, 6.45) is 2.57. The monoisotopic (exact) mass is 468 g/mol. The number of hydrogen-bond acceptors (Lipinski definition) is 4. The lowest BCUT2D eigenvalue weighted by molar-refractivity contribution is -0.126. The van der Waals surface area contributed by atoms with Gasteiger partial charge in [-0.3, -0.25) is 4.79 Å². The summed E-state index contributed by atoms with van der Waals surface area (Å²) in [7, 11) is -1.27. The molecule has 33 heavy (non-hydrogen) atoms. The number of carbonyl (C=O) groups excluding carboxylic acids is 1. The Morgan fingerprint density at radius 1 is 1.09 bits per heavy atom. The number of amides is 1. The lowest BCUT2D eigenvalue weighted by Gasteiger charge is -2.31. The number of para-hydroxylation sites is 2. The van der Waals surface area contributed by atoms with Gasteiger partial charge in [-0.25, -0.2) is 17.7 Å². The number of imidazole rings is 1. The first-order valence-electron chi connectivity index (χ1n) is 11.6. The van der Waals surface area contributed by atoms with Crippen LogP contribution in [0.3, 0.4) is 0 Å². The molecule has 1 saturated heterocycles. The topological polar surface area (TPSA) is 84.3 Å². The van der Waals surface area contributed by atoms with Crippen LogP contribution in [0.15, 0.2) is 54.6 Å². The van der Waals surface area contributed by atoms with Gasteiger partial charge < -0.3 is 9.88 Å². The molecule has 1 atom stereocenters. The molecule has 1 N–H and O–H groups in total. The van der Waals surface area contributed by atoms with Gasteiger partial charge in [0.1, 0.15) is 11.9 Å². The van der Waals surface area contributed by atoms with Gasteiger partial charge in [0.15, 0.2) is 0 Å². The van der Waals surface area contributed by atoms with Gasteiger partial charge in [-0.1, -0.05) is 55.8 Å². The summed E-state index contributed by atoms with van der Waals surface area (Å²) in [5, 5.41) is 3.22. The maximum absolute atomic E-state index is 13.3. The van der Waals surface area contributed by atoms with E-state index < -0.39 is 10.0 Å². The predicted molar refractivity (Wildman–Crippen MR) is 130 cm³/mol. The fourth-order valence-corrected chi connectivity index (χ4v) is 6.16. The van der Waals surface area contributed by atoms with Gasteiger partial charge >= 0.3 is 0 Å². The first-order valence-corrected chi connectivity index (χ1v) is 13.3. The van der Waals surface area contributed by atoms with Gasteiger partial charge in [0, 0.05) is 26.1 Å². The van der Waals surface area contributed by atoms with Crippen LogP contribution >= 0.6 is 0 Å². The molecule has 0 spiro atoms. The average molecular weight is 469 g/mol. The van der Waals surface area contributed by atoms with Crippen molar-refractivity contribution in [2.24, 2.45) is 13.0 Å². The van der Waals surface area contributed by atoms with Gasteiger partial charge in [0.25, 0.3) is 0 Å². The molecule has 0 saturated carbocycles. The van der Waals surface area contributed by atoms with Gasteiger partial charge in [-0.2, -0.15) is 0 Å². The number of carbonyl (C=O) groups is 1. The third-order valence-corrected chi connectivity index (χ3v) is 8.43. The second kappa shape index (κ2) is 10.1. The molecular weight excluding hydrogens is 436 g/mol. The van der Waals surface area contributed by atoms with Crippen LogP contribution in [-0.2, 0) is 21.9 Å². The third kappa shape index (κ3) is 5.12. The summed E-state index contributed by atoms with van der Waals surface area (Å²) in [5.41, 5.74) is 2.85. The number of fused-ring (bicyclic) bond motifs is 1. The van der Waals surface area contributed by atoms with Crippen molar-refractivity contribution < 1.29 is 13.2 Å². The highest BCUT2D eigenvalue weighted by Gasteiger charge is 2.32. The minimum absolute atomic E-state index is 0.0542. The van der Waals surface area contributed by atoms with Gasteiger partial charge in [-0.05, 0) is 37.0 Å². The average Bonchev–Trinajstić information content (AvgIpc) is 3.18. The Morgan fingerprint density at radius 2 is 1.76 bits per heavy atom. The molecule has 1 unspecified atom stereocenters. The number of nitrogens with one attached hydrogen (secondary N) is 1. The summed E-state index contributed by atoms with van der Waals surface area (Å²) < 4.78 is 28.6. The fourth-order valence-electron chi connectivity index (χ4n) is 4.48. The maximum atomic E-state index is 13.3. The van der Waals surface area contributed by atoms with Crippen LogP contribution < -0.4 is 5.32 Å². The van der Waals surface area contributed by atoms with Crippen molar-refractivity contribution in [3.05, 3.63) is 66.0 Å². The van der Waals surface area contributed by atoms with Crippen molar-refractivity contribution in [3.63, 3.8) is 0 Å². The van der Waals surface area contributed by atoms with Crippen molar-refractivity contribution in [1.29, 1.82) is 0 Å². The zero-order valence-electron chi connectivity index (χ0n) is 19.3. The van der Waals surface area contributed by atoms with Crippen LogP contribution in [0.25, 0.3) is 11.0 Å². The Kier molecular flexibility index (Phi) is 7.14. The Bertz CT molecular complexity index is 1200. The molecule has 2 heterocycles. The number of rotatable bonds is 8. The smallest absolute Gasteiger partial charge is 0.224 e. The van der Waals surface area contributed by atoms with E-state index in [4.69, 9.17) is 4.98 Å². The highest BCUT2D eigenvalue weighted by molar-refractivity contribution is 7.89. The van der Waals surface area contributed by atoms with Crippen LogP contribution in [0.2, 0.25) is 0 Å². The minimum Gasteiger partial charge on any atom is -0.342 e. The summed E-state index contributed by atoms with van der Waals surface area (Å²) in [5.74, 6) is 0.684. The first kappa shape index (κ1) is 23.4. The second-order valence-corrected chi connectivity index (χ2v) is 10.8. The number of benzene rings is 2. The molecule has 176 valence electrons. The summed E-state index contributed by atoms with van der Waals surface area (Å²) in [6.45, 7) is 2.78. The van der Waals surface area contributed by atoms with Crippen LogP contribution in [0, 0.1) is 5.92 Å². The van der Waals surface area contributed by atoms with Gasteiger partial charge in [0.05, 0.1) is 16.8 Å². The summed E-state index contributed by atoms with van der Waals surface area (Å²) in [6, 6.07) is 17.4. The molecule has 1 amide bonds. The maximum Gasteiger partial charge on any atom is 0.224 e. The Morgan fingerprint density at radius 3 is 2.42 bits per heavy atom. The molecule has 1 aliphatic rings. The molecule has 2 aromatic carbocycles. The van der Waals surface area contributed by atoms with E-state index in [-0.39, 0.29) is 23.6 Å². The molecule has 4 rings (SSSR count). The van der Waals surface area contributed by atoms with Crippen LogP contribution in [0.4, 0.5) is 0 Å². The Hall–Kier alpha value is -2.71. The lowest BCUT2D eigenvalue weighted by Crippen LogP contribution is -2.44. The third-order valence-electron chi connectivity index (χ3n) is 6.47. The number of sulfonamides is 1. The van der Waals surface area contributed by atoms with E-state index in [0.717, 1.165) is 28.8 Å². The van der Waals surface area contributed by atoms with Crippen molar-refractivity contribution >= 4 is 27.0 Å². The normalized spacial score (nSPS) is 16.7. The van der Waals surface area contributed by atoms with E-state index in [1.165, 1.54) is 0 Å².